The number of hydrogen-bond acceptors (Lipinski definition) is 1. The van der Waals surface area contributed by atoms with Crippen LogP contribution in [0.2, 0.25) is 0 Å². The van der Waals surface area contributed by atoms with Crippen LogP contribution < -0.4 is 0 Å². The lowest BCUT2D eigenvalue weighted by Crippen LogP contribution is -2.66. The third-order valence-electron chi connectivity index (χ3n) is 3.57. The molecule has 0 aliphatic heterocycles. The first kappa shape index (κ1) is 24.2. The summed E-state index contributed by atoms with van der Waals surface area (Å²) in [5, 5.41) is 0. The lowest BCUT2D eigenvalue weighted by atomic mass is 9.92. The Kier molecular flexibility index (Phi) is 6.73. The number of methoxy groups -OCH3 is 1. The topological polar surface area (TPSA) is 9.23 Å². The molecule has 0 aromatic heterocycles. The number of halogens is 12. The highest BCUT2D eigenvalue weighted by Gasteiger charge is 2.87. The van der Waals surface area contributed by atoms with Gasteiger partial charge in [-0.15, -0.1) is 0 Å². The second-order valence-electron chi connectivity index (χ2n) is 5.41. The van der Waals surface area contributed by atoms with E-state index in [9.17, 15) is 48.3 Å². The maximum Gasteiger partial charge on any atom is 0.460 e. The van der Waals surface area contributed by atoms with E-state index in [-0.39, 0.29) is 5.56 Å². The largest absolute Gasteiger partial charge is 0.460 e. The predicted octanol–water partition coefficient (Wildman–Crippen LogP) is 6.47. The first-order valence-electron chi connectivity index (χ1n) is 6.78. The van der Waals surface area contributed by atoms with Crippen LogP contribution in [0.5, 0.6) is 0 Å². The summed E-state index contributed by atoms with van der Waals surface area (Å²) in [4.78, 5) is 0. The van der Waals surface area contributed by atoms with Gasteiger partial charge in [0.2, 0.25) is 0 Å². The number of hydrogen-bond donors (Lipinski definition) is 0. The summed E-state index contributed by atoms with van der Waals surface area (Å²) in [6, 6.07) is 4.88. The van der Waals surface area contributed by atoms with Crippen molar-refractivity contribution in [3.05, 3.63) is 33.4 Å². The average Bonchev–Trinajstić information content (AvgIpc) is 2.51. The maximum atomic E-state index is 13.8. The molecule has 0 spiro atoms. The Labute approximate surface area is 159 Å². The second kappa shape index (κ2) is 7.52. The quantitative estimate of drug-likeness (QED) is 0.290. The van der Waals surface area contributed by atoms with E-state index in [4.69, 9.17) is 0 Å². The van der Waals surface area contributed by atoms with Gasteiger partial charge >= 0.3 is 29.9 Å². The van der Waals surface area contributed by atoms with E-state index in [2.05, 4.69) is 4.74 Å². The summed E-state index contributed by atoms with van der Waals surface area (Å²) in [6.45, 7) is 0. The van der Waals surface area contributed by atoms with Crippen LogP contribution >= 0.6 is 22.6 Å². The second-order valence-corrected chi connectivity index (χ2v) is 6.65. The highest BCUT2D eigenvalue weighted by atomic mass is 127. The molecule has 1 unspecified atom stereocenters. The van der Waals surface area contributed by atoms with Crippen LogP contribution in [-0.2, 0) is 4.74 Å². The minimum absolute atomic E-state index is 0.195. The van der Waals surface area contributed by atoms with Gasteiger partial charge in [-0.25, -0.2) is 0 Å². The molecule has 156 valence electrons. The summed E-state index contributed by atoms with van der Waals surface area (Å²) in [7, 11) is 0.749. The molecular formula is C14H10F11IO. The van der Waals surface area contributed by atoms with Crippen LogP contribution in [0.3, 0.4) is 0 Å². The van der Waals surface area contributed by atoms with Crippen LogP contribution in [0.1, 0.15) is 18.1 Å². The van der Waals surface area contributed by atoms with Crippen LogP contribution in [0.25, 0.3) is 0 Å². The highest BCUT2D eigenvalue weighted by Crippen LogP contribution is 2.58. The van der Waals surface area contributed by atoms with Gasteiger partial charge in [0.25, 0.3) is 0 Å². The van der Waals surface area contributed by atoms with Crippen LogP contribution in [0.15, 0.2) is 24.3 Å². The van der Waals surface area contributed by atoms with Crippen molar-refractivity contribution < 1.29 is 53.0 Å². The number of rotatable bonds is 7. The Morgan fingerprint density at radius 2 is 1.22 bits per heavy atom. The van der Waals surface area contributed by atoms with Gasteiger partial charge in [0, 0.05) is 17.1 Å². The molecule has 1 atom stereocenters. The monoisotopic (exact) mass is 530 g/mol. The predicted molar refractivity (Wildman–Crippen MR) is 79.4 cm³/mol. The van der Waals surface area contributed by atoms with Gasteiger partial charge in [-0.1, -0.05) is 12.1 Å². The summed E-state index contributed by atoms with van der Waals surface area (Å²) >= 11 is 1.80. The van der Waals surface area contributed by atoms with Crippen LogP contribution in [-0.4, -0.2) is 37.0 Å². The van der Waals surface area contributed by atoms with Crippen molar-refractivity contribution in [1.82, 2.24) is 0 Å². The molecule has 0 saturated carbocycles. The van der Waals surface area contributed by atoms with Gasteiger partial charge in [0.15, 0.2) is 0 Å². The standard InChI is InChI=1S/C14H10F11IO/c1-27-9(7-2-4-8(26)5-3-7)6-10(15,16)11(17,18)12(19,20)13(21,22)14(23,24)25/h2-5,9H,6H2,1H3. The molecule has 0 aliphatic rings. The van der Waals surface area contributed by atoms with Crippen molar-refractivity contribution in [3.63, 3.8) is 0 Å². The van der Waals surface area contributed by atoms with Gasteiger partial charge in [-0.2, -0.15) is 48.3 Å². The fraction of sp³-hybridized carbons (Fsp3) is 0.571. The summed E-state index contributed by atoms with van der Waals surface area (Å²) in [5.74, 6) is -27.8. The fourth-order valence-electron chi connectivity index (χ4n) is 1.98. The van der Waals surface area contributed by atoms with E-state index in [0.717, 1.165) is 19.2 Å². The number of alkyl halides is 11. The molecule has 0 heterocycles. The highest BCUT2D eigenvalue weighted by molar-refractivity contribution is 14.1. The zero-order valence-corrected chi connectivity index (χ0v) is 15.2. The van der Waals surface area contributed by atoms with Crippen molar-refractivity contribution in [3.8, 4) is 0 Å². The molecule has 0 amide bonds. The van der Waals surface area contributed by atoms with Crippen LogP contribution in [0, 0.1) is 3.57 Å². The maximum absolute atomic E-state index is 13.8. The average molecular weight is 530 g/mol. The van der Waals surface area contributed by atoms with Crippen molar-refractivity contribution in [2.45, 2.75) is 42.4 Å². The molecule has 0 aliphatic carbocycles. The van der Waals surface area contributed by atoms with Gasteiger partial charge in [0.1, 0.15) is 0 Å². The molecule has 0 saturated heterocycles. The molecule has 1 nitrogen and oxygen atoms in total. The summed E-state index contributed by atoms with van der Waals surface area (Å²) < 4.78 is 148. The van der Waals surface area contributed by atoms with E-state index >= 15 is 0 Å². The van der Waals surface area contributed by atoms with Crippen molar-refractivity contribution in [2.24, 2.45) is 0 Å². The minimum Gasteiger partial charge on any atom is -0.377 e. The summed E-state index contributed by atoms with van der Waals surface area (Å²) in [6.07, 6.45) is -11.4. The Morgan fingerprint density at radius 3 is 1.59 bits per heavy atom. The fourth-order valence-corrected chi connectivity index (χ4v) is 2.34. The number of benzene rings is 1. The first-order valence-corrected chi connectivity index (χ1v) is 7.86. The van der Waals surface area contributed by atoms with Crippen LogP contribution in [0.4, 0.5) is 48.3 Å². The molecule has 1 aromatic rings. The van der Waals surface area contributed by atoms with Crippen molar-refractivity contribution >= 4 is 22.6 Å². The SMILES string of the molecule is COC(CC(F)(F)C(F)(F)C(F)(F)C(F)(F)C(F)(F)F)c1ccc(I)cc1. The first-order chi connectivity index (χ1) is 11.9. The molecule has 13 heteroatoms. The zero-order chi connectivity index (χ0) is 21.5. The molecule has 0 bridgehead atoms. The van der Waals surface area contributed by atoms with Crippen molar-refractivity contribution in [2.75, 3.05) is 7.11 Å². The minimum atomic E-state index is -7.41. The summed E-state index contributed by atoms with van der Waals surface area (Å²) in [5.41, 5.74) is -0.195. The molecule has 1 rings (SSSR count). The molecule has 27 heavy (non-hydrogen) atoms. The molecule has 0 fully saturated rings. The molecular weight excluding hydrogens is 520 g/mol. The van der Waals surface area contributed by atoms with Gasteiger partial charge in [-0.05, 0) is 40.3 Å². The van der Waals surface area contributed by atoms with Crippen molar-refractivity contribution in [1.29, 1.82) is 0 Å². The third kappa shape index (κ3) is 4.27. The number of ether oxygens (including phenoxy) is 1. The lowest BCUT2D eigenvalue weighted by molar-refractivity contribution is -0.423. The van der Waals surface area contributed by atoms with E-state index < -0.39 is 42.4 Å². The Bertz CT molecular complexity index is 639. The van der Waals surface area contributed by atoms with E-state index in [1.54, 1.807) is 22.6 Å². The van der Waals surface area contributed by atoms with E-state index in [1.807, 2.05) is 0 Å². The Morgan fingerprint density at radius 1 is 0.778 bits per heavy atom. The molecule has 1 aromatic carbocycles. The van der Waals surface area contributed by atoms with E-state index in [1.165, 1.54) is 12.1 Å². The van der Waals surface area contributed by atoms with Gasteiger partial charge in [-0.3, -0.25) is 0 Å². The van der Waals surface area contributed by atoms with E-state index in [0.29, 0.717) is 3.57 Å². The van der Waals surface area contributed by atoms with Gasteiger partial charge < -0.3 is 4.74 Å². The normalized spacial score (nSPS) is 15.7. The molecule has 0 radical (unpaired) electrons. The Balaban J connectivity index is 3.27. The third-order valence-corrected chi connectivity index (χ3v) is 4.29. The molecule has 0 N–H and O–H groups in total. The Hall–Kier alpha value is -0.860. The zero-order valence-electron chi connectivity index (χ0n) is 13.0. The lowest BCUT2D eigenvalue weighted by Gasteiger charge is -2.38. The smallest absolute Gasteiger partial charge is 0.377 e. The van der Waals surface area contributed by atoms with Gasteiger partial charge in [0.05, 0.1) is 6.10 Å².